The lowest BCUT2D eigenvalue weighted by atomic mass is 9.98. The van der Waals surface area contributed by atoms with E-state index in [1.807, 2.05) is 27.7 Å². The molecule has 0 aliphatic rings. The zero-order chi connectivity index (χ0) is 18.0. The summed E-state index contributed by atoms with van der Waals surface area (Å²) in [5.74, 6) is -0.755. The molecule has 6 heteroatoms. The van der Waals surface area contributed by atoms with Crippen LogP contribution in [-0.2, 0) is 0 Å². The van der Waals surface area contributed by atoms with E-state index in [1.54, 1.807) is 6.07 Å². The SMILES string of the molecule is CC(C)c1cc(C(=O)Nc2ccc(C(=O)O)c(O)c2)oc1C(C)C. The highest BCUT2D eigenvalue weighted by Crippen LogP contribution is 2.30. The molecule has 3 N–H and O–H groups in total. The average Bonchev–Trinajstić information content (AvgIpc) is 2.92. The Labute approximate surface area is 140 Å². The number of carboxylic acids is 1. The van der Waals surface area contributed by atoms with E-state index in [0.29, 0.717) is 0 Å². The fourth-order valence-electron chi connectivity index (χ4n) is 2.42. The third-order valence-electron chi connectivity index (χ3n) is 3.65. The molecule has 1 aromatic heterocycles. The number of carboxylic acid groups (broad SMARTS) is 1. The summed E-state index contributed by atoms with van der Waals surface area (Å²) in [6.07, 6.45) is 0. The van der Waals surface area contributed by atoms with E-state index >= 15 is 0 Å². The monoisotopic (exact) mass is 331 g/mol. The Morgan fingerprint density at radius 1 is 1.08 bits per heavy atom. The molecule has 24 heavy (non-hydrogen) atoms. The van der Waals surface area contributed by atoms with E-state index in [4.69, 9.17) is 9.52 Å². The van der Waals surface area contributed by atoms with E-state index in [0.717, 1.165) is 11.3 Å². The summed E-state index contributed by atoms with van der Waals surface area (Å²) < 4.78 is 5.70. The summed E-state index contributed by atoms with van der Waals surface area (Å²) in [7, 11) is 0. The van der Waals surface area contributed by atoms with Gasteiger partial charge in [-0.15, -0.1) is 0 Å². The molecule has 1 amide bonds. The van der Waals surface area contributed by atoms with Crippen molar-refractivity contribution in [3.8, 4) is 5.75 Å². The number of benzene rings is 1. The van der Waals surface area contributed by atoms with Gasteiger partial charge in [-0.3, -0.25) is 4.79 Å². The standard InChI is InChI=1S/C18H21NO5/c1-9(2)13-8-15(24-16(13)10(3)4)17(21)19-11-5-6-12(18(22)23)14(20)7-11/h5-10,20H,1-4H3,(H,19,21)(H,22,23). The van der Waals surface area contributed by atoms with Gasteiger partial charge in [0.05, 0.1) is 0 Å². The number of nitrogens with one attached hydrogen (secondary N) is 1. The normalized spacial score (nSPS) is 11.1. The third kappa shape index (κ3) is 3.59. The summed E-state index contributed by atoms with van der Waals surface area (Å²) >= 11 is 0. The van der Waals surface area contributed by atoms with Gasteiger partial charge in [-0.05, 0) is 29.7 Å². The summed E-state index contributed by atoms with van der Waals surface area (Å²) in [4.78, 5) is 23.2. The molecule has 128 valence electrons. The highest BCUT2D eigenvalue weighted by Gasteiger charge is 2.21. The minimum absolute atomic E-state index is 0.155. The lowest BCUT2D eigenvalue weighted by Crippen LogP contribution is -2.11. The van der Waals surface area contributed by atoms with Crippen molar-refractivity contribution in [2.45, 2.75) is 39.5 Å². The third-order valence-corrected chi connectivity index (χ3v) is 3.65. The van der Waals surface area contributed by atoms with E-state index in [1.165, 1.54) is 18.2 Å². The molecule has 0 unspecified atom stereocenters. The number of aromatic hydroxyl groups is 1. The topological polar surface area (TPSA) is 99.8 Å². The maximum absolute atomic E-state index is 12.4. The highest BCUT2D eigenvalue weighted by molar-refractivity contribution is 6.03. The van der Waals surface area contributed by atoms with Crippen molar-refractivity contribution in [3.63, 3.8) is 0 Å². The van der Waals surface area contributed by atoms with Crippen LogP contribution >= 0.6 is 0 Å². The van der Waals surface area contributed by atoms with Crippen LogP contribution < -0.4 is 5.32 Å². The van der Waals surface area contributed by atoms with Crippen LogP contribution in [0.4, 0.5) is 5.69 Å². The maximum Gasteiger partial charge on any atom is 0.339 e. The molecule has 0 spiro atoms. The predicted octanol–water partition coefficient (Wildman–Crippen LogP) is 4.18. The van der Waals surface area contributed by atoms with E-state index in [9.17, 15) is 14.7 Å². The van der Waals surface area contributed by atoms with Crippen molar-refractivity contribution in [1.82, 2.24) is 0 Å². The number of hydrogen-bond acceptors (Lipinski definition) is 4. The first-order valence-electron chi connectivity index (χ1n) is 7.72. The van der Waals surface area contributed by atoms with Crippen molar-refractivity contribution in [3.05, 3.63) is 46.9 Å². The number of carbonyl (C=O) groups is 2. The van der Waals surface area contributed by atoms with E-state index in [-0.39, 0.29) is 28.8 Å². The van der Waals surface area contributed by atoms with Gasteiger partial charge in [0.2, 0.25) is 0 Å². The Morgan fingerprint density at radius 3 is 2.21 bits per heavy atom. The van der Waals surface area contributed by atoms with Crippen molar-refractivity contribution < 1.29 is 24.2 Å². The second kappa shape index (κ2) is 6.78. The van der Waals surface area contributed by atoms with Crippen LogP contribution in [0.3, 0.4) is 0 Å². The summed E-state index contributed by atoms with van der Waals surface area (Å²) in [6, 6.07) is 5.56. The number of anilines is 1. The van der Waals surface area contributed by atoms with Gasteiger partial charge in [-0.25, -0.2) is 4.79 Å². The molecule has 0 aliphatic carbocycles. The quantitative estimate of drug-likeness (QED) is 0.763. The molecule has 1 aromatic carbocycles. The van der Waals surface area contributed by atoms with Gasteiger partial charge in [0.25, 0.3) is 5.91 Å². The van der Waals surface area contributed by atoms with E-state index in [2.05, 4.69) is 5.32 Å². The van der Waals surface area contributed by atoms with Crippen molar-refractivity contribution in [2.75, 3.05) is 5.32 Å². The summed E-state index contributed by atoms with van der Waals surface area (Å²) in [6.45, 7) is 8.05. The lowest BCUT2D eigenvalue weighted by Gasteiger charge is -2.07. The molecule has 2 aromatic rings. The van der Waals surface area contributed by atoms with Crippen LogP contribution in [0.2, 0.25) is 0 Å². The fourth-order valence-corrected chi connectivity index (χ4v) is 2.42. The molecule has 6 nitrogen and oxygen atoms in total. The van der Waals surface area contributed by atoms with Gasteiger partial charge in [0.1, 0.15) is 17.1 Å². The van der Waals surface area contributed by atoms with Gasteiger partial charge < -0.3 is 19.9 Å². The minimum Gasteiger partial charge on any atom is -0.507 e. The molecule has 0 saturated heterocycles. The van der Waals surface area contributed by atoms with Gasteiger partial charge in [-0.2, -0.15) is 0 Å². The molecule has 1 heterocycles. The maximum atomic E-state index is 12.4. The molecule has 0 bridgehead atoms. The molecule has 0 atom stereocenters. The molecule has 0 fully saturated rings. The Morgan fingerprint density at radius 2 is 1.75 bits per heavy atom. The highest BCUT2D eigenvalue weighted by atomic mass is 16.4. The Bertz CT molecular complexity index is 748. The number of carbonyl (C=O) groups excluding carboxylic acids is 1. The first kappa shape index (κ1) is 17.6. The second-order valence-corrected chi connectivity index (χ2v) is 6.23. The van der Waals surface area contributed by atoms with Crippen LogP contribution in [0.5, 0.6) is 5.75 Å². The Balaban J connectivity index is 2.26. The number of aromatic carboxylic acids is 1. The second-order valence-electron chi connectivity index (χ2n) is 6.23. The van der Waals surface area contributed by atoms with Gasteiger partial charge in [0.15, 0.2) is 5.76 Å². The van der Waals surface area contributed by atoms with Crippen molar-refractivity contribution in [2.24, 2.45) is 0 Å². The molecule has 0 aliphatic heterocycles. The number of phenols is 1. The van der Waals surface area contributed by atoms with Gasteiger partial charge in [0, 0.05) is 17.7 Å². The van der Waals surface area contributed by atoms with Crippen molar-refractivity contribution >= 4 is 17.6 Å². The van der Waals surface area contributed by atoms with Gasteiger partial charge in [-0.1, -0.05) is 27.7 Å². The summed E-state index contributed by atoms with van der Waals surface area (Å²) in [5.41, 5.74) is 1.05. The largest absolute Gasteiger partial charge is 0.507 e. The molecule has 0 saturated carbocycles. The first-order chi connectivity index (χ1) is 11.2. The lowest BCUT2D eigenvalue weighted by molar-refractivity contribution is 0.0693. The van der Waals surface area contributed by atoms with Crippen LogP contribution in [0, 0.1) is 0 Å². The smallest absolute Gasteiger partial charge is 0.339 e. The van der Waals surface area contributed by atoms with Crippen LogP contribution in [-0.4, -0.2) is 22.1 Å². The summed E-state index contributed by atoms with van der Waals surface area (Å²) in [5, 5.41) is 21.2. The molecule has 2 rings (SSSR count). The Hall–Kier alpha value is -2.76. The predicted molar refractivity (Wildman–Crippen MR) is 89.9 cm³/mol. The zero-order valence-electron chi connectivity index (χ0n) is 14.1. The van der Waals surface area contributed by atoms with Gasteiger partial charge >= 0.3 is 5.97 Å². The molecular formula is C18H21NO5. The number of furan rings is 1. The Kier molecular flexibility index (Phi) is 4.97. The van der Waals surface area contributed by atoms with Crippen LogP contribution in [0.1, 0.15) is 71.8 Å². The molecular weight excluding hydrogens is 310 g/mol. The minimum atomic E-state index is -1.24. The van der Waals surface area contributed by atoms with E-state index < -0.39 is 17.6 Å². The average molecular weight is 331 g/mol. The number of hydrogen-bond donors (Lipinski definition) is 3. The fraction of sp³-hybridized carbons (Fsp3) is 0.333. The van der Waals surface area contributed by atoms with Crippen LogP contribution in [0.15, 0.2) is 28.7 Å². The zero-order valence-corrected chi connectivity index (χ0v) is 14.1. The van der Waals surface area contributed by atoms with Crippen molar-refractivity contribution in [1.29, 1.82) is 0 Å². The first-order valence-corrected chi connectivity index (χ1v) is 7.72. The number of rotatable bonds is 5. The van der Waals surface area contributed by atoms with Crippen LogP contribution in [0.25, 0.3) is 0 Å². The molecule has 0 radical (unpaired) electrons. The number of amides is 1.